The normalized spacial score (nSPS) is 13.0. The Labute approximate surface area is 124 Å². The summed E-state index contributed by atoms with van der Waals surface area (Å²) in [6, 6.07) is 5.44. The fourth-order valence-corrected chi connectivity index (χ4v) is 2.15. The Morgan fingerprint density at radius 1 is 0.955 bits per heavy atom. The number of rotatable bonds is 3. The Morgan fingerprint density at radius 3 is 1.86 bits per heavy atom. The Morgan fingerprint density at radius 2 is 1.45 bits per heavy atom. The summed E-state index contributed by atoms with van der Waals surface area (Å²) in [4.78, 5) is 0. The maximum Gasteiger partial charge on any atom is 0.416 e. The highest BCUT2D eigenvalue weighted by Gasteiger charge is 2.30. The summed E-state index contributed by atoms with van der Waals surface area (Å²) in [5.74, 6) is -2.28. The molecule has 0 radical (unpaired) electrons. The molecule has 3 nitrogen and oxygen atoms in total. The van der Waals surface area contributed by atoms with Crippen molar-refractivity contribution in [3.05, 3.63) is 53.6 Å². The van der Waals surface area contributed by atoms with E-state index in [1.54, 1.807) is 4.72 Å². The predicted molar refractivity (Wildman–Crippen MR) is 71.2 cm³/mol. The second-order valence-corrected chi connectivity index (χ2v) is 4.94. The zero-order valence-corrected chi connectivity index (χ0v) is 11.4. The molecule has 9 heteroatoms. The van der Waals surface area contributed by atoms with Crippen LogP contribution in [0.25, 0.3) is 11.1 Å². The summed E-state index contributed by atoms with van der Waals surface area (Å²) < 4.78 is 85.5. The van der Waals surface area contributed by atoms with Gasteiger partial charge in [0.05, 0.1) is 5.56 Å². The minimum absolute atomic E-state index is 0.00186. The maximum atomic E-state index is 13.7. The first-order valence-electron chi connectivity index (χ1n) is 5.72. The molecular formula is C13H8F5NO2S. The average Bonchev–Trinajstić information content (AvgIpc) is 2.41. The number of alkyl halides is 3. The summed E-state index contributed by atoms with van der Waals surface area (Å²) in [5, 5.41) is 0. The third kappa shape index (κ3) is 3.60. The smallest absolute Gasteiger partial charge is 0.289 e. The van der Waals surface area contributed by atoms with E-state index in [9.17, 15) is 26.2 Å². The van der Waals surface area contributed by atoms with Gasteiger partial charge in [0, 0.05) is 0 Å². The number of nitrogens with one attached hydrogen (secondary N) is 1. The van der Waals surface area contributed by atoms with Crippen molar-refractivity contribution in [3.63, 3.8) is 0 Å². The molecule has 0 heterocycles. The quantitative estimate of drug-likeness (QED) is 0.651. The number of halogens is 5. The lowest BCUT2D eigenvalue weighted by Crippen LogP contribution is -2.06. The highest BCUT2D eigenvalue weighted by atomic mass is 32.2. The van der Waals surface area contributed by atoms with Crippen molar-refractivity contribution in [1.82, 2.24) is 0 Å². The topological polar surface area (TPSA) is 49.3 Å². The fourth-order valence-electron chi connectivity index (χ4n) is 1.78. The van der Waals surface area contributed by atoms with Crippen molar-refractivity contribution < 1.29 is 30.7 Å². The van der Waals surface area contributed by atoms with Crippen LogP contribution in [0, 0.1) is 11.6 Å². The maximum absolute atomic E-state index is 13.7. The fraction of sp³-hybridized carbons (Fsp3) is 0.0769. The molecule has 0 spiro atoms. The van der Waals surface area contributed by atoms with Gasteiger partial charge in [-0.05, 0) is 35.4 Å². The van der Waals surface area contributed by atoms with Crippen molar-refractivity contribution in [3.8, 4) is 11.1 Å². The van der Waals surface area contributed by atoms with Gasteiger partial charge in [-0.25, -0.2) is 13.0 Å². The lowest BCUT2D eigenvalue weighted by atomic mass is 10.0. The molecular weight excluding hydrogens is 329 g/mol. The van der Waals surface area contributed by atoms with Gasteiger partial charge in [0.1, 0.15) is 5.69 Å². The summed E-state index contributed by atoms with van der Waals surface area (Å²) in [6.45, 7) is 0. The average molecular weight is 337 g/mol. The molecule has 0 aliphatic carbocycles. The summed E-state index contributed by atoms with van der Waals surface area (Å²) in [5.41, 5.74) is -1.51. The van der Waals surface area contributed by atoms with Gasteiger partial charge in [-0.3, -0.25) is 9.27 Å². The Hall–Kier alpha value is -2.00. The number of hydrogen-bond donors (Lipinski definition) is 2. The van der Waals surface area contributed by atoms with Crippen LogP contribution in [0.15, 0.2) is 36.4 Å². The molecule has 0 saturated carbocycles. The second-order valence-electron chi connectivity index (χ2n) is 4.24. The SMILES string of the molecule is O=S(O)Nc1c(F)cc(-c2ccc(C(F)(F)F)cc2)cc1F. The molecule has 2 N–H and O–H groups in total. The van der Waals surface area contributed by atoms with E-state index >= 15 is 0 Å². The van der Waals surface area contributed by atoms with Crippen LogP contribution in [-0.4, -0.2) is 8.76 Å². The first kappa shape index (κ1) is 16.4. The Balaban J connectivity index is 2.39. The van der Waals surface area contributed by atoms with Crippen molar-refractivity contribution in [2.24, 2.45) is 0 Å². The standard InChI is InChI=1S/C13H8F5NO2S/c14-10-5-8(6-11(15)12(10)19-22(20)21)7-1-3-9(4-2-7)13(16,17)18/h1-6,19H,(H,20,21). The van der Waals surface area contributed by atoms with Gasteiger partial charge in [-0.2, -0.15) is 13.2 Å². The van der Waals surface area contributed by atoms with E-state index in [2.05, 4.69) is 0 Å². The Bertz CT molecular complexity index is 692. The van der Waals surface area contributed by atoms with Crippen LogP contribution in [0.2, 0.25) is 0 Å². The second kappa shape index (κ2) is 6.01. The molecule has 0 amide bonds. The summed E-state index contributed by atoms with van der Waals surface area (Å²) >= 11 is -2.66. The molecule has 2 aromatic rings. The Kier molecular flexibility index (Phi) is 4.47. The van der Waals surface area contributed by atoms with E-state index in [1.165, 1.54) is 0 Å². The van der Waals surface area contributed by atoms with Crippen LogP contribution < -0.4 is 4.72 Å². The van der Waals surface area contributed by atoms with E-state index in [0.29, 0.717) is 0 Å². The molecule has 1 unspecified atom stereocenters. The van der Waals surface area contributed by atoms with Crippen molar-refractivity contribution in [2.75, 3.05) is 4.72 Å². The van der Waals surface area contributed by atoms with Crippen LogP contribution in [-0.2, 0) is 17.4 Å². The van der Waals surface area contributed by atoms with E-state index in [1.807, 2.05) is 0 Å². The molecule has 118 valence electrons. The molecule has 0 saturated heterocycles. The lowest BCUT2D eigenvalue weighted by Gasteiger charge is -2.10. The first-order chi connectivity index (χ1) is 10.2. The van der Waals surface area contributed by atoms with Crippen molar-refractivity contribution in [2.45, 2.75) is 6.18 Å². The third-order valence-corrected chi connectivity index (χ3v) is 3.16. The number of anilines is 1. The van der Waals surface area contributed by atoms with Gasteiger partial charge >= 0.3 is 6.18 Å². The molecule has 2 aromatic carbocycles. The third-order valence-electron chi connectivity index (χ3n) is 2.78. The van der Waals surface area contributed by atoms with Crippen LogP contribution in [0.3, 0.4) is 0 Å². The molecule has 1 atom stereocenters. The van der Waals surface area contributed by atoms with Gasteiger partial charge in [0.2, 0.25) is 0 Å². The predicted octanol–water partition coefficient (Wildman–Crippen LogP) is 4.20. The van der Waals surface area contributed by atoms with E-state index in [0.717, 1.165) is 36.4 Å². The largest absolute Gasteiger partial charge is 0.416 e. The summed E-state index contributed by atoms with van der Waals surface area (Å²) in [7, 11) is 0. The minimum Gasteiger partial charge on any atom is -0.289 e. The van der Waals surface area contributed by atoms with Crippen LogP contribution in [0.4, 0.5) is 27.6 Å². The van der Waals surface area contributed by atoms with Gasteiger partial charge in [0.25, 0.3) is 11.3 Å². The van der Waals surface area contributed by atoms with E-state index < -0.39 is 40.3 Å². The highest BCUT2D eigenvalue weighted by Crippen LogP contribution is 2.32. The lowest BCUT2D eigenvalue weighted by molar-refractivity contribution is -0.137. The summed E-state index contributed by atoms with van der Waals surface area (Å²) in [6.07, 6.45) is -4.51. The molecule has 0 fully saturated rings. The number of benzene rings is 2. The molecule has 22 heavy (non-hydrogen) atoms. The molecule has 0 aromatic heterocycles. The monoisotopic (exact) mass is 337 g/mol. The van der Waals surface area contributed by atoms with Gasteiger partial charge in [-0.1, -0.05) is 12.1 Å². The number of hydrogen-bond acceptors (Lipinski definition) is 1. The molecule has 0 aliphatic rings. The van der Waals surface area contributed by atoms with Gasteiger partial charge in [0.15, 0.2) is 11.6 Å². The highest BCUT2D eigenvalue weighted by molar-refractivity contribution is 7.80. The zero-order chi connectivity index (χ0) is 16.5. The van der Waals surface area contributed by atoms with Crippen molar-refractivity contribution in [1.29, 1.82) is 0 Å². The van der Waals surface area contributed by atoms with Gasteiger partial charge in [-0.15, -0.1) is 0 Å². The van der Waals surface area contributed by atoms with Crippen LogP contribution in [0.5, 0.6) is 0 Å². The van der Waals surface area contributed by atoms with Gasteiger partial charge < -0.3 is 0 Å². The zero-order valence-electron chi connectivity index (χ0n) is 10.6. The first-order valence-corrected chi connectivity index (χ1v) is 6.83. The molecule has 0 bridgehead atoms. The van der Waals surface area contributed by atoms with Crippen molar-refractivity contribution >= 4 is 17.0 Å². The molecule has 0 aliphatic heterocycles. The van der Waals surface area contributed by atoms with Crippen LogP contribution >= 0.6 is 0 Å². The molecule has 2 rings (SSSR count). The minimum atomic E-state index is -4.51. The van der Waals surface area contributed by atoms with E-state index in [4.69, 9.17) is 4.55 Å². The van der Waals surface area contributed by atoms with E-state index in [-0.39, 0.29) is 11.1 Å². The van der Waals surface area contributed by atoms with Crippen LogP contribution in [0.1, 0.15) is 5.56 Å².